The van der Waals surface area contributed by atoms with Gasteiger partial charge in [0.2, 0.25) is 0 Å². The summed E-state index contributed by atoms with van der Waals surface area (Å²) in [5.74, 6) is 1.44. The highest BCUT2D eigenvalue weighted by Crippen LogP contribution is 2.18. The average molecular weight is 382 g/mol. The van der Waals surface area contributed by atoms with Crippen LogP contribution in [0.2, 0.25) is 0 Å². The molecule has 150 valence electrons. The van der Waals surface area contributed by atoms with E-state index in [2.05, 4.69) is 50.8 Å². The summed E-state index contributed by atoms with van der Waals surface area (Å²) in [6.07, 6.45) is 2.25. The summed E-state index contributed by atoms with van der Waals surface area (Å²) in [6.45, 7) is 4.36. The van der Waals surface area contributed by atoms with Crippen molar-refractivity contribution in [2.75, 3.05) is 38.6 Å². The van der Waals surface area contributed by atoms with Gasteiger partial charge in [0, 0.05) is 27.2 Å². The average Bonchev–Trinajstić information content (AvgIpc) is 2.73. The van der Waals surface area contributed by atoms with E-state index in [-0.39, 0.29) is 6.03 Å². The maximum Gasteiger partial charge on any atom is 0.315 e. The lowest BCUT2D eigenvalue weighted by molar-refractivity contribution is 0.175. The van der Waals surface area contributed by atoms with E-state index in [1.54, 1.807) is 0 Å². The van der Waals surface area contributed by atoms with Crippen LogP contribution in [0.15, 0.2) is 48.5 Å². The second-order valence-corrected chi connectivity index (χ2v) is 7.65. The molecule has 1 aliphatic heterocycles. The molecule has 28 heavy (non-hydrogen) atoms. The fourth-order valence-corrected chi connectivity index (χ4v) is 3.48. The lowest BCUT2D eigenvalue weighted by atomic mass is 9.96. The second-order valence-electron chi connectivity index (χ2n) is 7.65. The number of nitrogens with zero attached hydrogens (tertiary/aromatic N) is 3. The number of amides is 2. The number of rotatable bonds is 7. The van der Waals surface area contributed by atoms with Gasteiger partial charge in [-0.2, -0.15) is 0 Å². The molecule has 1 aromatic heterocycles. The molecule has 2 heterocycles. The first-order valence-corrected chi connectivity index (χ1v) is 10.0. The number of hydrogen-bond acceptors (Lipinski definition) is 4. The summed E-state index contributed by atoms with van der Waals surface area (Å²) in [6, 6.07) is 16.3. The Morgan fingerprint density at radius 2 is 1.82 bits per heavy atom. The number of carbonyl (C=O) groups excluding carboxylic acids is 1. The fourth-order valence-electron chi connectivity index (χ4n) is 3.48. The molecular weight excluding hydrogens is 350 g/mol. The maximum absolute atomic E-state index is 12.1. The number of aromatic nitrogens is 1. The molecule has 1 aromatic carbocycles. The molecule has 0 radical (unpaired) electrons. The van der Waals surface area contributed by atoms with Crippen LogP contribution in [0.5, 0.6) is 0 Å². The molecule has 1 aliphatic rings. The SMILES string of the molecule is CN(C)c1cccc(CNC(=O)NCC2CCN(Cc3ccccc3)CC2)n1. The van der Waals surface area contributed by atoms with Gasteiger partial charge in [-0.25, -0.2) is 9.78 Å². The second kappa shape index (κ2) is 10.1. The monoisotopic (exact) mass is 381 g/mol. The van der Waals surface area contributed by atoms with E-state index in [4.69, 9.17) is 0 Å². The van der Waals surface area contributed by atoms with Crippen molar-refractivity contribution < 1.29 is 4.79 Å². The number of likely N-dealkylation sites (tertiary alicyclic amines) is 1. The van der Waals surface area contributed by atoms with E-state index in [1.165, 1.54) is 5.56 Å². The molecule has 0 spiro atoms. The Kier molecular flexibility index (Phi) is 7.25. The first kappa shape index (κ1) is 20.1. The van der Waals surface area contributed by atoms with Crippen LogP contribution in [0.25, 0.3) is 0 Å². The largest absolute Gasteiger partial charge is 0.363 e. The Balaban J connectivity index is 1.34. The highest BCUT2D eigenvalue weighted by atomic mass is 16.2. The van der Waals surface area contributed by atoms with E-state index < -0.39 is 0 Å². The zero-order valence-electron chi connectivity index (χ0n) is 16.9. The van der Waals surface area contributed by atoms with Crippen molar-refractivity contribution in [3.8, 4) is 0 Å². The molecule has 0 atom stereocenters. The molecule has 0 aliphatic carbocycles. The quantitative estimate of drug-likeness (QED) is 0.774. The zero-order valence-corrected chi connectivity index (χ0v) is 16.9. The molecule has 2 amide bonds. The number of urea groups is 1. The summed E-state index contributed by atoms with van der Waals surface area (Å²) >= 11 is 0. The summed E-state index contributed by atoms with van der Waals surface area (Å²) < 4.78 is 0. The smallest absolute Gasteiger partial charge is 0.315 e. The first-order chi connectivity index (χ1) is 13.6. The van der Waals surface area contributed by atoms with Crippen LogP contribution >= 0.6 is 0 Å². The number of carbonyl (C=O) groups is 1. The molecule has 6 nitrogen and oxygen atoms in total. The number of piperidine rings is 1. The summed E-state index contributed by atoms with van der Waals surface area (Å²) in [5, 5.41) is 5.92. The van der Waals surface area contributed by atoms with Crippen LogP contribution in [0.3, 0.4) is 0 Å². The molecule has 2 aromatic rings. The summed E-state index contributed by atoms with van der Waals surface area (Å²) in [4.78, 5) is 21.1. The van der Waals surface area contributed by atoms with Crippen molar-refractivity contribution >= 4 is 11.8 Å². The van der Waals surface area contributed by atoms with E-state index in [1.807, 2.05) is 37.2 Å². The van der Waals surface area contributed by atoms with Crippen molar-refractivity contribution in [3.63, 3.8) is 0 Å². The van der Waals surface area contributed by atoms with Crippen molar-refractivity contribution in [2.45, 2.75) is 25.9 Å². The van der Waals surface area contributed by atoms with Gasteiger partial charge >= 0.3 is 6.03 Å². The molecule has 2 N–H and O–H groups in total. The Bertz CT molecular complexity index is 742. The van der Waals surface area contributed by atoms with Gasteiger partial charge in [-0.1, -0.05) is 36.4 Å². The molecule has 0 saturated carbocycles. The zero-order chi connectivity index (χ0) is 19.8. The third kappa shape index (κ3) is 6.23. The van der Waals surface area contributed by atoms with E-state index in [9.17, 15) is 4.79 Å². The molecule has 0 unspecified atom stereocenters. The van der Waals surface area contributed by atoms with Crippen LogP contribution in [0.1, 0.15) is 24.1 Å². The Morgan fingerprint density at radius 1 is 1.07 bits per heavy atom. The lowest BCUT2D eigenvalue weighted by Crippen LogP contribution is -2.41. The minimum Gasteiger partial charge on any atom is -0.363 e. The van der Waals surface area contributed by atoms with Crippen molar-refractivity contribution in [1.82, 2.24) is 20.5 Å². The van der Waals surface area contributed by atoms with Crippen LogP contribution in [-0.4, -0.2) is 49.6 Å². The van der Waals surface area contributed by atoms with Gasteiger partial charge in [0.05, 0.1) is 12.2 Å². The Morgan fingerprint density at radius 3 is 2.54 bits per heavy atom. The molecule has 1 fully saturated rings. The van der Waals surface area contributed by atoms with Crippen molar-refractivity contribution in [2.24, 2.45) is 5.92 Å². The summed E-state index contributed by atoms with van der Waals surface area (Å²) in [5.41, 5.74) is 2.22. The van der Waals surface area contributed by atoms with Gasteiger partial charge < -0.3 is 15.5 Å². The van der Waals surface area contributed by atoms with E-state index in [0.717, 1.165) is 50.5 Å². The van der Waals surface area contributed by atoms with Crippen LogP contribution < -0.4 is 15.5 Å². The number of hydrogen-bond donors (Lipinski definition) is 2. The molecule has 3 rings (SSSR count). The Labute approximate surface area is 167 Å². The van der Waals surface area contributed by atoms with Gasteiger partial charge in [0.1, 0.15) is 5.82 Å². The highest BCUT2D eigenvalue weighted by Gasteiger charge is 2.19. The van der Waals surface area contributed by atoms with Crippen LogP contribution in [0.4, 0.5) is 10.6 Å². The predicted octanol–water partition coefficient (Wildman–Crippen LogP) is 2.86. The normalized spacial score (nSPS) is 15.2. The van der Waals surface area contributed by atoms with Crippen molar-refractivity contribution in [3.05, 3.63) is 59.8 Å². The number of anilines is 1. The predicted molar refractivity (Wildman–Crippen MR) is 113 cm³/mol. The van der Waals surface area contributed by atoms with Gasteiger partial charge in [-0.05, 0) is 49.5 Å². The third-order valence-electron chi connectivity index (χ3n) is 5.19. The topological polar surface area (TPSA) is 60.5 Å². The number of nitrogens with one attached hydrogen (secondary N) is 2. The van der Waals surface area contributed by atoms with Gasteiger partial charge in [-0.15, -0.1) is 0 Å². The number of benzene rings is 1. The standard InChI is InChI=1S/C22H31N5O/c1-26(2)21-10-6-9-20(25-21)16-24-22(28)23-15-18-11-13-27(14-12-18)17-19-7-4-3-5-8-19/h3-10,18H,11-17H2,1-2H3,(H2,23,24,28). The van der Waals surface area contributed by atoms with Gasteiger partial charge in [-0.3, -0.25) is 4.90 Å². The van der Waals surface area contributed by atoms with Gasteiger partial charge in [0.25, 0.3) is 0 Å². The van der Waals surface area contributed by atoms with Crippen LogP contribution in [0, 0.1) is 5.92 Å². The molecular formula is C22H31N5O. The Hall–Kier alpha value is -2.60. The van der Waals surface area contributed by atoms with Gasteiger partial charge in [0.15, 0.2) is 0 Å². The van der Waals surface area contributed by atoms with E-state index >= 15 is 0 Å². The molecule has 0 bridgehead atoms. The highest BCUT2D eigenvalue weighted by molar-refractivity contribution is 5.73. The molecule has 1 saturated heterocycles. The minimum atomic E-state index is -0.122. The fraction of sp³-hybridized carbons (Fsp3) is 0.455. The third-order valence-corrected chi connectivity index (χ3v) is 5.19. The molecule has 6 heteroatoms. The maximum atomic E-state index is 12.1. The minimum absolute atomic E-state index is 0.122. The van der Waals surface area contributed by atoms with E-state index in [0.29, 0.717) is 12.5 Å². The summed E-state index contributed by atoms with van der Waals surface area (Å²) in [7, 11) is 3.91. The van der Waals surface area contributed by atoms with Crippen LogP contribution in [-0.2, 0) is 13.1 Å². The first-order valence-electron chi connectivity index (χ1n) is 10.0. The number of pyridine rings is 1. The van der Waals surface area contributed by atoms with Crippen molar-refractivity contribution in [1.29, 1.82) is 0 Å². The lowest BCUT2D eigenvalue weighted by Gasteiger charge is -2.32.